The van der Waals surface area contributed by atoms with Crippen LogP contribution in [-0.2, 0) is 12.8 Å². The van der Waals surface area contributed by atoms with Crippen molar-refractivity contribution in [1.82, 2.24) is 4.90 Å². The van der Waals surface area contributed by atoms with Gasteiger partial charge in [0.25, 0.3) is 0 Å². The van der Waals surface area contributed by atoms with Crippen LogP contribution < -0.4 is 0 Å². The molecule has 0 unspecified atom stereocenters. The van der Waals surface area contributed by atoms with Crippen molar-refractivity contribution in [3.05, 3.63) is 34.9 Å². The molecule has 17 heavy (non-hydrogen) atoms. The zero-order valence-corrected chi connectivity index (χ0v) is 10.2. The highest BCUT2D eigenvalue weighted by atomic mass is 16.1. The van der Waals surface area contributed by atoms with Crippen LogP contribution in [0.2, 0.25) is 0 Å². The van der Waals surface area contributed by atoms with Crippen LogP contribution in [0.1, 0.15) is 40.7 Å². The van der Waals surface area contributed by atoms with E-state index in [0.717, 1.165) is 25.1 Å². The fourth-order valence-electron chi connectivity index (χ4n) is 2.98. The monoisotopic (exact) mass is 229 g/mol. The van der Waals surface area contributed by atoms with Gasteiger partial charge in [-0.2, -0.15) is 0 Å². The Morgan fingerprint density at radius 3 is 2.65 bits per heavy atom. The average molecular weight is 229 g/mol. The first-order valence-corrected chi connectivity index (χ1v) is 6.70. The van der Waals surface area contributed by atoms with E-state index in [0.29, 0.717) is 12.3 Å². The van der Waals surface area contributed by atoms with Crippen LogP contribution in [0.25, 0.3) is 0 Å². The van der Waals surface area contributed by atoms with Crippen LogP contribution in [-0.4, -0.2) is 30.3 Å². The topological polar surface area (TPSA) is 20.3 Å². The molecular weight excluding hydrogens is 210 g/mol. The van der Waals surface area contributed by atoms with E-state index < -0.39 is 0 Å². The molecule has 0 radical (unpaired) electrons. The van der Waals surface area contributed by atoms with Crippen molar-refractivity contribution in [3.63, 3.8) is 0 Å². The van der Waals surface area contributed by atoms with Crippen LogP contribution in [0.4, 0.5) is 0 Å². The molecule has 0 amide bonds. The lowest BCUT2D eigenvalue weighted by Gasteiger charge is -2.13. The third kappa shape index (κ3) is 2.27. The number of carbonyl (C=O) groups is 1. The van der Waals surface area contributed by atoms with E-state index in [-0.39, 0.29) is 0 Å². The molecule has 2 aliphatic rings. The molecule has 2 heteroatoms. The van der Waals surface area contributed by atoms with Crippen molar-refractivity contribution < 1.29 is 4.79 Å². The number of fused-ring (bicyclic) bond motifs is 1. The number of hydrogen-bond donors (Lipinski definition) is 0. The van der Waals surface area contributed by atoms with Crippen molar-refractivity contribution in [2.75, 3.05) is 19.6 Å². The largest absolute Gasteiger partial charge is 0.296 e. The molecule has 0 N–H and O–H groups in total. The summed E-state index contributed by atoms with van der Waals surface area (Å²) in [6, 6.07) is 6.29. The Bertz CT molecular complexity index is 433. The maximum absolute atomic E-state index is 12.2. The lowest BCUT2D eigenvalue weighted by atomic mass is 10.0. The molecule has 2 nitrogen and oxygen atoms in total. The van der Waals surface area contributed by atoms with Gasteiger partial charge in [0, 0.05) is 5.56 Å². The molecular formula is C15H19NO. The van der Waals surface area contributed by atoms with Gasteiger partial charge in [-0.1, -0.05) is 12.1 Å². The molecule has 1 aromatic rings. The average Bonchev–Trinajstić information content (AvgIpc) is 2.97. The quantitative estimate of drug-likeness (QED) is 0.742. The molecule has 1 aliphatic carbocycles. The van der Waals surface area contributed by atoms with Crippen molar-refractivity contribution in [2.24, 2.45) is 0 Å². The van der Waals surface area contributed by atoms with Crippen molar-refractivity contribution in [3.8, 4) is 0 Å². The van der Waals surface area contributed by atoms with Gasteiger partial charge in [0.2, 0.25) is 0 Å². The Labute approximate surface area is 103 Å². The van der Waals surface area contributed by atoms with Gasteiger partial charge < -0.3 is 0 Å². The highest BCUT2D eigenvalue weighted by Gasteiger charge is 2.18. The van der Waals surface area contributed by atoms with E-state index in [1.54, 1.807) is 0 Å². The number of rotatable bonds is 3. The molecule has 1 heterocycles. The SMILES string of the molecule is O=C(CN1CCCC1)c1ccc2c(c1)CCC2. The minimum atomic E-state index is 0.293. The Kier molecular flexibility index (Phi) is 2.98. The van der Waals surface area contributed by atoms with Gasteiger partial charge in [-0.05, 0) is 62.4 Å². The highest BCUT2D eigenvalue weighted by molar-refractivity contribution is 5.97. The lowest BCUT2D eigenvalue weighted by molar-refractivity contribution is 0.0945. The molecule has 0 bridgehead atoms. The number of likely N-dealkylation sites (tertiary alicyclic amines) is 1. The normalized spacial score (nSPS) is 19.5. The second kappa shape index (κ2) is 4.61. The van der Waals surface area contributed by atoms with Gasteiger partial charge in [-0.25, -0.2) is 0 Å². The van der Waals surface area contributed by atoms with Gasteiger partial charge >= 0.3 is 0 Å². The minimum Gasteiger partial charge on any atom is -0.296 e. The fourth-order valence-corrected chi connectivity index (χ4v) is 2.98. The zero-order valence-electron chi connectivity index (χ0n) is 10.2. The molecule has 0 aromatic heterocycles. The summed E-state index contributed by atoms with van der Waals surface area (Å²) in [6.07, 6.45) is 6.09. The van der Waals surface area contributed by atoms with Gasteiger partial charge in [-0.15, -0.1) is 0 Å². The second-order valence-electron chi connectivity index (χ2n) is 5.24. The first kappa shape index (κ1) is 11.0. The number of benzene rings is 1. The maximum Gasteiger partial charge on any atom is 0.176 e. The number of ketones is 1. The van der Waals surface area contributed by atoms with E-state index in [2.05, 4.69) is 17.0 Å². The molecule has 1 aliphatic heterocycles. The summed E-state index contributed by atoms with van der Waals surface area (Å²) in [6.45, 7) is 2.80. The van der Waals surface area contributed by atoms with Gasteiger partial charge in [0.05, 0.1) is 6.54 Å². The van der Waals surface area contributed by atoms with E-state index >= 15 is 0 Å². The maximum atomic E-state index is 12.2. The molecule has 3 rings (SSSR count). The minimum absolute atomic E-state index is 0.293. The third-order valence-electron chi connectivity index (χ3n) is 3.99. The molecule has 1 fully saturated rings. The van der Waals surface area contributed by atoms with Crippen LogP contribution >= 0.6 is 0 Å². The molecule has 0 spiro atoms. The number of Topliss-reactive ketones (excluding diaryl/α,β-unsaturated/α-hetero) is 1. The highest BCUT2D eigenvalue weighted by Crippen LogP contribution is 2.23. The van der Waals surface area contributed by atoms with Gasteiger partial charge in [0.15, 0.2) is 5.78 Å². The second-order valence-corrected chi connectivity index (χ2v) is 5.24. The fraction of sp³-hybridized carbons (Fsp3) is 0.533. The first-order chi connectivity index (χ1) is 8.33. The predicted molar refractivity (Wildman–Crippen MR) is 68.5 cm³/mol. The number of nitrogens with zero attached hydrogens (tertiary/aromatic N) is 1. The molecule has 1 saturated heterocycles. The van der Waals surface area contributed by atoms with Crippen LogP contribution in [0, 0.1) is 0 Å². The summed E-state index contributed by atoms with van der Waals surface area (Å²) in [7, 11) is 0. The number of aryl methyl sites for hydroxylation is 2. The molecule has 1 aromatic carbocycles. The standard InChI is InChI=1S/C15H19NO/c17-15(11-16-8-1-2-9-16)14-7-6-12-4-3-5-13(12)10-14/h6-7,10H,1-5,8-9,11H2. The van der Waals surface area contributed by atoms with Crippen molar-refractivity contribution >= 4 is 5.78 Å². The summed E-state index contributed by atoms with van der Waals surface area (Å²) in [5.74, 6) is 0.293. The Morgan fingerprint density at radius 2 is 1.82 bits per heavy atom. The van der Waals surface area contributed by atoms with Crippen molar-refractivity contribution in [1.29, 1.82) is 0 Å². The van der Waals surface area contributed by atoms with E-state index in [1.807, 2.05) is 6.07 Å². The molecule has 90 valence electrons. The third-order valence-corrected chi connectivity index (χ3v) is 3.99. The Morgan fingerprint density at radius 1 is 1.06 bits per heavy atom. The summed E-state index contributed by atoms with van der Waals surface area (Å²) in [5, 5.41) is 0. The molecule has 0 saturated carbocycles. The lowest BCUT2D eigenvalue weighted by Crippen LogP contribution is -2.26. The van der Waals surface area contributed by atoms with E-state index in [1.165, 1.54) is 36.8 Å². The van der Waals surface area contributed by atoms with E-state index in [9.17, 15) is 4.79 Å². The van der Waals surface area contributed by atoms with Gasteiger partial charge in [0.1, 0.15) is 0 Å². The smallest absolute Gasteiger partial charge is 0.176 e. The number of hydrogen-bond acceptors (Lipinski definition) is 2. The first-order valence-electron chi connectivity index (χ1n) is 6.70. The van der Waals surface area contributed by atoms with Crippen LogP contribution in [0.15, 0.2) is 18.2 Å². The number of carbonyl (C=O) groups excluding carboxylic acids is 1. The summed E-state index contributed by atoms with van der Waals surface area (Å²) < 4.78 is 0. The van der Waals surface area contributed by atoms with Crippen LogP contribution in [0.5, 0.6) is 0 Å². The molecule has 0 atom stereocenters. The summed E-state index contributed by atoms with van der Waals surface area (Å²) >= 11 is 0. The Balaban J connectivity index is 1.72. The summed E-state index contributed by atoms with van der Waals surface area (Å²) in [4.78, 5) is 14.4. The predicted octanol–water partition coefficient (Wildman–Crippen LogP) is 2.45. The van der Waals surface area contributed by atoms with Crippen molar-refractivity contribution in [2.45, 2.75) is 32.1 Å². The van der Waals surface area contributed by atoms with Crippen LogP contribution in [0.3, 0.4) is 0 Å². The van der Waals surface area contributed by atoms with Gasteiger partial charge in [-0.3, -0.25) is 9.69 Å². The Hall–Kier alpha value is -1.15. The van der Waals surface area contributed by atoms with E-state index in [4.69, 9.17) is 0 Å². The zero-order chi connectivity index (χ0) is 11.7. The summed E-state index contributed by atoms with van der Waals surface area (Å²) in [5.41, 5.74) is 3.76.